The maximum Gasteiger partial charge on any atom is 0.108 e. The summed E-state index contributed by atoms with van der Waals surface area (Å²) in [5, 5.41) is 9.62. The summed E-state index contributed by atoms with van der Waals surface area (Å²) >= 11 is 0. The fourth-order valence-corrected chi connectivity index (χ4v) is 2.33. The van der Waals surface area contributed by atoms with Crippen molar-refractivity contribution in [3.05, 3.63) is 0 Å². The van der Waals surface area contributed by atoms with Gasteiger partial charge < -0.3 is 5.11 Å². The number of hydrogen-bond donors (Lipinski definition) is 1. The number of aliphatic hydroxyl groups excluding tert-OH is 1. The third kappa shape index (κ3) is 2.42. The van der Waals surface area contributed by atoms with Gasteiger partial charge in [0.25, 0.3) is 0 Å². The summed E-state index contributed by atoms with van der Waals surface area (Å²) in [6.07, 6.45) is 6.03. The molecule has 2 saturated heterocycles. The molecule has 3 nitrogen and oxygen atoms in total. The first-order valence-corrected chi connectivity index (χ1v) is 5.51. The highest BCUT2D eigenvalue weighted by molar-refractivity contribution is 4.72. The zero-order valence-corrected chi connectivity index (χ0v) is 8.28. The van der Waals surface area contributed by atoms with Gasteiger partial charge in [-0.2, -0.15) is 0 Å². The van der Waals surface area contributed by atoms with E-state index in [-0.39, 0.29) is 6.23 Å². The van der Waals surface area contributed by atoms with Gasteiger partial charge in [-0.15, -0.1) is 0 Å². The molecule has 1 N–H and O–H groups in total. The van der Waals surface area contributed by atoms with Gasteiger partial charge in [0, 0.05) is 6.54 Å². The SMILES string of the molecule is O[C@@H]1CCCN1CN1CCCCC1. The highest BCUT2D eigenvalue weighted by atomic mass is 16.3. The highest BCUT2D eigenvalue weighted by Gasteiger charge is 2.24. The van der Waals surface area contributed by atoms with E-state index in [0.29, 0.717) is 0 Å². The van der Waals surface area contributed by atoms with Crippen LogP contribution < -0.4 is 0 Å². The van der Waals surface area contributed by atoms with Crippen LogP contribution in [0.15, 0.2) is 0 Å². The number of rotatable bonds is 2. The lowest BCUT2D eigenvalue weighted by Crippen LogP contribution is -2.42. The Balaban J connectivity index is 1.75. The van der Waals surface area contributed by atoms with Gasteiger partial charge in [-0.1, -0.05) is 6.42 Å². The molecule has 0 unspecified atom stereocenters. The maximum atomic E-state index is 9.62. The fraction of sp³-hybridized carbons (Fsp3) is 1.00. The number of aliphatic hydroxyl groups is 1. The summed E-state index contributed by atoms with van der Waals surface area (Å²) in [5.74, 6) is 0. The summed E-state index contributed by atoms with van der Waals surface area (Å²) < 4.78 is 0. The Bertz CT molecular complexity index is 157. The van der Waals surface area contributed by atoms with Gasteiger partial charge in [0.2, 0.25) is 0 Å². The van der Waals surface area contributed by atoms with Crippen molar-refractivity contribution in [3.63, 3.8) is 0 Å². The van der Waals surface area contributed by atoms with E-state index in [4.69, 9.17) is 0 Å². The van der Waals surface area contributed by atoms with Crippen molar-refractivity contribution in [2.75, 3.05) is 26.3 Å². The first kappa shape index (κ1) is 9.44. The van der Waals surface area contributed by atoms with E-state index in [1.807, 2.05) is 0 Å². The third-order valence-corrected chi connectivity index (χ3v) is 3.16. The quantitative estimate of drug-likeness (QED) is 0.689. The van der Waals surface area contributed by atoms with Crippen LogP contribution in [0.3, 0.4) is 0 Å². The smallest absolute Gasteiger partial charge is 0.108 e. The van der Waals surface area contributed by atoms with Crippen molar-refractivity contribution in [1.29, 1.82) is 0 Å². The molecule has 0 spiro atoms. The van der Waals surface area contributed by atoms with Gasteiger partial charge >= 0.3 is 0 Å². The Morgan fingerprint density at radius 2 is 1.77 bits per heavy atom. The van der Waals surface area contributed by atoms with E-state index in [9.17, 15) is 5.11 Å². The fourth-order valence-electron chi connectivity index (χ4n) is 2.33. The van der Waals surface area contributed by atoms with Crippen LogP contribution in [-0.2, 0) is 0 Å². The lowest BCUT2D eigenvalue weighted by Gasteiger charge is -2.32. The van der Waals surface area contributed by atoms with Crippen LogP contribution in [0.2, 0.25) is 0 Å². The van der Waals surface area contributed by atoms with Crippen LogP contribution in [0.5, 0.6) is 0 Å². The van der Waals surface area contributed by atoms with Crippen LogP contribution >= 0.6 is 0 Å². The Morgan fingerprint density at radius 3 is 2.38 bits per heavy atom. The van der Waals surface area contributed by atoms with E-state index in [1.54, 1.807) is 0 Å². The molecule has 1 atom stereocenters. The molecule has 2 fully saturated rings. The molecule has 0 aromatic heterocycles. The number of piperidine rings is 1. The molecule has 0 aromatic carbocycles. The standard InChI is InChI=1S/C10H20N2O/c13-10-5-4-8-12(10)9-11-6-2-1-3-7-11/h10,13H,1-9H2/t10-/m1/s1. The molecular formula is C10H20N2O. The van der Waals surface area contributed by atoms with Gasteiger partial charge in [0.15, 0.2) is 0 Å². The Kier molecular flexibility index (Phi) is 3.19. The predicted octanol–water partition coefficient (Wildman–Crippen LogP) is 0.844. The summed E-state index contributed by atoms with van der Waals surface area (Å²) in [5.41, 5.74) is 0. The molecule has 13 heavy (non-hydrogen) atoms. The van der Waals surface area contributed by atoms with Crippen molar-refractivity contribution < 1.29 is 5.11 Å². The minimum Gasteiger partial charge on any atom is -0.378 e. The zero-order chi connectivity index (χ0) is 9.10. The number of likely N-dealkylation sites (tertiary alicyclic amines) is 2. The number of nitrogens with zero attached hydrogens (tertiary/aromatic N) is 2. The van der Waals surface area contributed by atoms with Gasteiger partial charge in [-0.3, -0.25) is 9.80 Å². The lowest BCUT2D eigenvalue weighted by atomic mass is 10.1. The molecule has 2 aliphatic rings. The highest BCUT2D eigenvalue weighted by Crippen LogP contribution is 2.16. The second-order valence-electron chi connectivity index (χ2n) is 4.26. The molecule has 0 aromatic rings. The third-order valence-electron chi connectivity index (χ3n) is 3.16. The van der Waals surface area contributed by atoms with Gasteiger partial charge in [0.1, 0.15) is 6.23 Å². The molecule has 2 aliphatic heterocycles. The van der Waals surface area contributed by atoms with Crippen molar-refractivity contribution in [2.45, 2.75) is 38.3 Å². The first-order chi connectivity index (χ1) is 6.36. The van der Waals surface area contributed by atoms with Crippen molar-refractivity contribution >= 4 is 0 Å². The van der Waals surface area contributed by atoms with Crippen LogP contribution in [-0.4, -0.2) is 47.4 Å². The summed E-state index contributed by atoms with van der Waals surface area (Å²) in [4.78, 5) is 4.67. The first-order valence-electron chi connectivity index (χ1n) is 5.51. The second kappa shape index (κ2) is 4.40. The molecule has 76 valence electrons. The largest absolute Gasteiger partial charge is 0.378 e. The van der Waals surface area contributed by atoms with Crippen molar-refractivity contribution in [1.82, 2.24) is 9.80 Å². The topological polar surface area (TPSA) is 26.7 Å². The maximum absolute atomic E-state index is 9.62. The average Bonchev–Trinajstić information content (AvgIpc) is 2.54. The molecule has 2 rings (SSSR count). The van der Waals surface area contributed by atoms with E-state index in [0.717, 1.165) is 26.1 Å². The van der Waals surface area contributed by atoms with E-state index in [2.05, 4.69) is 9.80 Å². The van der Waals surface area contributed by atoms with Crippen LogP contribution in [0.1, 0.15) is 32.1 Å². The van der Waals surface area contributed by atoms with Crippen LogP contribution in [0.25, 0.3) is 0 Å². The molecule has 3 heteroatoms. The summed E-state index contributed by atoms with van der Waals surface area (Å²) in [7, 11) is 0. The Hall–Kier alpha value is -0.120. The predicted molar refractivity (Wildman–Crippen MR) is 52.2 cm³/mol. The number of hydrogen-bond acceptors (Lipinski definition) is 3. The van der Waals surface area contributed by atoms with Crippen molar-refractivity contribution in [2.24, 2.45) is 0 Å². The average molecular weight is 184 g/mol. The van der Waals surface area contributed by atoms with Gasteiger partial charge in [0.05, 0.1) is 6.67 Å². The molecule has 2 heterocycles. The molecule has 0 radical (unpaired) electrons. The molecular weight excluding hydrogens is 164 g/mol. The van der Waals surface area contributed by atoms with E-state index >= 15 is 0 Å². The normalized spacial score (nSPS) is 32.5. The van der Waals surface area contributed by atoms with Crippen molar-refractivity contribution in [3.8, 4) is 0 Å². The monoisotopic (exact) mass is 184 g/mol. The Labute approximate surface area is 80.3 Å². The van der Waals surface area contributed by atoms with E-state index < -0.39 is 0 Å². The van der Waals surface area contributed by atoms with Crippen LogP contribution in [0.4, 0.5) is 0 Å². The lowest BCUT2D eigenvalue weighted by molar-refractivity contribution is -0.00389. The minimum atomic E-state index is -0.165. The van der Waals surface area contributed by atoms with Gasteiger partial charge in [-0.25, -0.2) is 0 Å². The van der Waals surface area contributed by atoms with E-state index in [1.165, 1.54) is 32.4 Å². The second-order valence-corrected chi connectivity index (χ2v) is 4.26. The zero-order valence-electron chi connectivity index (χ0n) is 8.28. The molecule has 0 bridgehead atoms. The molecule has 0 saturated carbocycles. The Morgan fingerprint density at radius 1 is 1.00 bits per heavy atom. The summed E-state index contributed by atoms with van der Waals surface area (Å²) in [6, 6.07) is 0. The molecule has 0 amide bonds. The molecule has 0 aliphatic carbocycles. The van der Waals surface area contributed by atoms with Gasteiger partial charge in [-0.05, 0) is 38.8 Å². The summed E-state index contributed by atoms with van der Waals surface area (Å²) in [6.45, 7) is 4.52. The minimum absolute atomic E-state index is 0.165. The van der Waals surface area contributed by atoms with Crippen LogP contribution in [0, 0.1) is 0 Å².